The lowest BCUT2D eigenvalue weighted by Crippen LogP contribution is -2.39. The van der Waals surface area contributed by atoms with Crippen LogP contribution >= 0.6 is 8.53 Å². The lowest BCUT2D eigenvalue weighted by molar-refractivity contribution is -0.0926. The van der Waals surface area contributed by atoms with Gasteiger partial charge in [0.05, 0.1) is 57.9 Å². The monoisotopic (exact) mass is 819 g/mol. The summed E-state index contributed by atoms with van der Waals surface area (Å²) in [6.45, 7) is 8.58. The molecule has 13 nitrogen and oxygen atoms in total. The van der Waals surface area contributed by atoms with E-state index in [2.05, 4.69) is 48.7 Å². The number of nitrogens with zero attached hydrogens (tertiary/aromatic N) is 4. The van der Waals surface area contributed by atoms with Gasteiger partial charge >= 0.3 is 5.69 Å². The Hall–Kier alpha value is -5.32. The van der Waals surface area contributed by atoms with Crippen LogP contribution in [0.2, 0.25) is 0 Å². The molecule has 1 aromatic heterocycles. The molecular weight excluding hydrogens is 769 g/mol. The maximum Gasteiger partial charge on any atom is 0.351 e. The van der Waals surface area contributed by atoms with Crippen LogP contribution in [0.25, 0.3) is 0 Å². The van der Waals surface area contributed by atoms with E-state index in [0.29, 0.717) is 34.5 Å². The number of fused-ring (bicyclic) bond motifs is 2. The second kappa shape index (κ2) is 18.7. The highest BCUT2D eigenvalue weighted by Gasteiger charge is 2.45. The number of rotatable bonds is 17. The first kappa shape index (κ1) is 41.8. The summed E-state index contributed by atoms with van der Waals surface area (Å²) in [5, 5.41) is 12.6. The van der Waals surface area contributed by atoms with Gasteiger partial charge in [-0.2, -0.15) is 10.2 Å². The zero-order valence-electron chi connectivity index (χ0n) is 34.1. The van der Waals surface area contributed by atoms with Crippen LogP contribution in [0.1, 0.15) is 63.5 Å². The second-order valence-electron chi connectivity index (χ2n) is 14.7. The highest BCUT2D eigenvalue weighted by Crippen LogP contribution is 2.51. The van der Waals surface area contributed by atoms with Crippen molar-refractivity contribution >= 4 is 20.0 Å². The maximum absolute atomic E-state index is 13.8. The van der Waals surface area contributed by atoms with Crippen LogP contribution in [0, 0.1) is 11.3 Å². The molecule has 0 amide bonds. The molecule has 2 aliphatic heterocycles. The average Bonchev–Trinajstić information content (AvgIpc) is 3.65. The van der Waals surface area contributed by atoms with Gasteiger partial charge in [0.2, 0.25) is 0 Å². The van der Waals surface area contributed by atoms with Gasteiger partial charge in [-0.1, -0.05) is 66.7 Å². The number of anilines is 2. The number of para-hydroxylation sites is 2. The van der Waals surface area contributed by atoms with E-state index >= 15 is 0 Å². The molecule has 0 spiro atoms. The van der Waals surface area contributed by atoms with E-state index in [9.17, 15) is 10.1 Å². The lowest BCUT2D eigenvalue weighted by Gasteiger charge is -2.39. The fourth-order valence-corrected chi connectivity index (χ4v) is 9.31. The third kappa shape index (κ3) is 8.99. The minimum atomic E-state index is -1.69. The molecule has 59 heavy (non-hydrogen) atoms. The van der Waals surface area contributed by atoms with Crippen molar-refractivity contribution in [3.8, 4) is 29.1 Å². The second-order valence-corrected chi connectivity index (χ2v) is 16.1. The lowest BCUT2D eigenvalue weighted by atomic mass is 9.80. The van der Waals surface area contributed by atoms with E-state index in [0.717, 1.165) is 16.7 Å². The highest BCUT2D eigenvalue weighted by atomic mass is 31.2. The fourth-order valence-electron chi connectivity index (χ4n) is 7.55. The topological polar surface area (TPSA) is 139 Å². The number of benzene rings is 4. The maximum atomic E-state index is 13.8. The van der Waals surface area contributed by atoms with Crippen molar-refractivity contribution in [2.45, 2.75) is 76.7 Å². The van der Waals surface area contributed by atoms with Crippen LogP contribution in [0.4, 0.5) is 11.5 Å². The fraction of sp³-hybridized carbons (Fsp3) is 0.356. The summed E-state index contributed by atoms with van der Waals surface area (Å²) in [4.78, 5) is 18.2. The van der Waals surface area contributed by atoms with Gasteiger partial charge < -0.3 is 38.0 Å². The van der Waals surface area contributed by atoms with Crippen LogP contribution in [0.3, 0.4) is 0 Å². The Labute approximate surface area is 346 Å². The van der Waals surface area contributed by atoms with Crippen molar-refractivity contribution in [3.05, 3.63) is 136 Å². The smallest absolute Gasteiger partial charge is 0.351 e. The molecule has 308 valence electrons. The Morgan fingerprint density at radius 3 is 2.10 bits per heavy atom. The van der Waals surface area contributed by atoms with Crippen LogP contribution in [-0.2, 0) is 24.1 Å². The first-order valence-corrected chi connectivity index (χ1v) is 20.8. The molecule has 0 aliphatic carbocycles. The Balaban J connectivity index is 1.29. The Morgan fingerprint density at radius 1 is 0.881 bits per heavy atom. The van der Waals surface area contributed by atoms with Crippen LogP contribution < -0.4 is 25.2 Å². The van der Waals surface area contributed by atoms with Crippen molar-refractivity contribution in [3.63, 3.8) is 0 Å². The number of hydrogen-bond acceptors (Lipinski definition) is 12. The minimum absolute atomic E-state index is 0.0391. The summed E-state index contributed by atoms with van der Waals surface area (Å²) < 4.78 is 48.4. The van der Waals surface area contributed by atoms with Gasteiger partial charge in [0, 0.05) is 18.5 Å². The van der Waals surface area contributed by atoms with E-state index < -0.39 is 38.3 Å². The van der Waals surface area contributed by atoms with Crippen LogP contribution in [-0.4, -0.2) is 65.9 Å². The van der Waals surface area contributed by atoms with Gasteiger partial charge in [-0.05, 0) is 80.8 Å². The standard InChI is InChI=1S/C45H50N5O8P/c1-30(2)50(31(3)4)59(55-26-12-25-46)58-39-27-42(49-28-40-43(48-44(49)51)47-37-15-10-11-16-38(37)56-40)57-41(39)29-54-45(32-13-8-7-9-14-32,33-17-21-35(52-5)22-18-33)34-19-23-36(53-6)24-20-34/h7-11,13-24,28,30-31,39,41-42H,12,26-27,29H2,1-6H3,(H,47,48,51)/t39-,41+,42+,59?/m0/s1. The zero-order chi connectivity index (χ0) is 41.5. The number of aromatic nitrogens is 2. The Morgan fingerprint density at radius 2 is 1.49 bits per heavy atom. The van der Waals surface area contributed by atoms with Gasteiger partial charge in [0.25, 0.3) is 8.53 Å². The SMILES string of the molecule is COc1ccc(C(OC[C@H]2O[C@@H](n3cc4c(nc3=O)Nc3ccccc3O4)C[C@@H]2OP(OCCC#N)N(C(C)C)C(C)C)(c2ccccc2)c2ccc(OC)cc2)cc1. The Kier molecular flexibility index (Phi) is 13.3. The molecule has 1 unspecified atom stereocenters. The van der Waals surface area contributed by atoms with Crippen molar-refractivity contribution in [1.29, 1.82) is 5.26 Å². The number of methoxy groups -OCH3 is 2. The van der Waals surface area contributed by atoms with E-state index in [-0.39, 0.29) is 38.1 Å². The summed E-state index contributed by atoms with van der Waals surface area (Å²) in [5.74, 6) is 2.73. The largest absolute Gasteiger partial charge is 0.497 e. The molecule has 3 heterocycles. The summed E-state index contributed by atoms with van der Waals surface area (Å²) in [7, 11) is 1.59. The van der Waals surface area contributed by atoms with Crippen molar-refractivity contribution in [2.24, 2.45) is 0 Å². The third-order valence-electron chi connectivity index (χ3n) is 10.3. The molecule has 1 fully saturated rings. The molecule has 5 aromatic rings. The number of nitriles is 1. The van der Waals surface area contributed by atoms with Crippen molar-refractivity contribution < 1.29 is 32.7 Å². The predicted molar refractivity (Wildman–Crippen MR) is 225 cm³/mol. The zero-order valence-corrected chi connectivity index (χ0v) is 35.0. The molecule has 2 aliphatic rings. The molecular formula is C45H50N5O8P. The summed E-state index contributed by atoms with van der Waals surface area (Å²) >= 11 is 0. The molecule has 0 saturated carbocycles. The highest BCUT2D eigenvalue weighted by molar-refractivity contribution is 7.44. The van der Waals surface area contributed by atoms with E-state index in [1.165, 1.54) is 4.57 Å². The van der Waals surface area contributed by atoms with Gasteiger partial charge in [-0.25, -0.2) is 9.46 Å². The number of hydrogen-bond donors (Lipinski definition) is 1. The predicted octanol–water partition coefficient (Wildman–Crippen LogP) is 9.07. The average molecular weight is 820 g/mol. The minimum Gasteiger partial charge on any atom is -0.497 e. The molecule has 7 rings (SSSR count). The van der Waals surface area contributed by atoms with E-state index in [4.69, 9.17) is 32.7 Å². The molecule has 0 bridgehead atoms. The molecule has 1 N–H and O–H groups in total. The van der Waals surface area contributed by atoms with Gasteiger partial charge in [0.15, 0.2) is 17.3 Å². The summed E-state index contributed by atoms with van der Waals surface area (Å²) in [5.41, 5.74) is 1.66. The molecule has 0 radical (unpaired) electrons. The van der Waals surface area contributed by atoms with E-state index in [1.807, 2.05) is 103 Å². The number of ether oxygens (including phenoxy) is 5. The molecule has 4 aromatic carbocycles. The van der Waals surface area contributed by atoms with Crippen LogP contribution in [0.15, 0.2) is 114 Å². The first-order valence-electron chi connectivity index (χ1n) is 19.7. The van der Waals surface area contributed by atoms with Crippen molar-refractivity contribution in [1.82, 2.24) is 14.2 Å². The van der Waals surface area contributed by atoms with Gasteiger partial charge in [0.1, 0.15) is 29.4 Å². The van der Waals surface area contributed by atoms with Crippen molar-refractivity contribution in [2.75, 3.05) is 32.8 Å². The van der Waals surface area contributed by atoms with Gasteiger partial charge in [-0.3, -0.25) is 4.57 Å². The molecule has 4 atom stereocenters. The summed E-state index contributed by atoms with van der Waals surface area (Å²) in [6.07, 6.45) is -0.00665. The molecule has 14 heteroatoms. The van der Waals surface area contributed by atoms with E-state index in [1.54, 1.807) is 20.4 Å². The Bertz CT molecular complexity index is 2210. The quantitative estimate of drug-likeness (QED) is 0.0534. The van der Waals surface area contributed by atoms with Gasteiger partial charge in [-0.15, -0.1) is 0 Å². The number of nitrogens with one attached hydrogen (secondary N) is 1. The third-order valence-corrected chi connectivity index (χ3v) is 12.4. The normalized spacial score (nSPS) is 17.8. The summed E-state index contributed by atoms with van der Waals surface area (Å²) in [6, 6.07) is 35.4. The first-order chi connectivity index (χ1) is 28.6. The molecule has 1 saturated heterocycles. The van der Waals surface area contributed by atoms with Crippen LogP contribution in [0.5, 0.6) is 23.0 Å².